The van der Waals surface area contributed by atoms with E-state index in [2.05, 4.69) is 0 Å². The molecule has 0 aliphatic carbocycles. The van der Waals surface area contributed by atoms with Gasteiger partial charge in [0.1, 0.15) is 0 Å². The Balaban J connectivity index is 2.21. The van der Waals surface area contributed by atoms with E-state index >= 15 is 0 Å². The Kier molecular flexibility index (Phi) is 5.23. The second-order valence-corrected chi connectivity index (χ2v) is 11.4. The lowest BCUT2D eigenvalue weighted by Crippen LogP contribution is -2.39. The second-order valence-electron chi connectivity index (χ2n) is 7.08. The molecule has 1 fully saturated rings. The van der Waals surface area contributed by atoms with Gasteiger partial charge in [0.2, 0.25) is 10.0 Å². The molecule has 2 rings (SSSR count). The van der Waals surface area contributed by atoms with Crippen LogP contribution in [0.5, 0.6) is 0 Å². The zero-order valence-electron chi connectivity index (χ0n) is 13.9. The van der Waals surface area contributed by atoms with E-state index in [-0.39, 0.29) is 10.3 Å². The van der Waals surface area contributed by atoms with Gasteiger partial charge in [-0.3, -0.25) is 0 Å². The average molecular weight is 360 g/mol. The number of hydrogen-bond acceptors (Lipinski definition) is 4. The third-order valence-electron chi connectivity index (χ3n) is 4.09. The summed E-state index contributed by atoms with van der Waals surface area (Å²) in [6.07, 6.45) is 2.58. The van der Waals surface area contributed by atoms with Crippen molar-refractivity contribution in [2.24, 2.45) is 0 Å². The fraction of sp³-hybridized carbons (Fsp3) is 0.625. The molecule has 130 valence electrons. The summed E-state index contributed by atoms with van der Waals surface area (Å²) >= 11 is 0. The van der Waals surface area contributed by atoms with Crippen LogP contribution in [0.4, 0.5) is 0 Å². The smallest absolute Gasteiger partial charge is 0.223 e. The van der Waals surface area contributed by atoms with Crippen molar-refractivity contribution >= 4 is 19.9 Å². The van der Waals surface area contributed by atoms with Crippen LogP contribution in [0.1, 0.15) is 45.6 Å². The molecule has 0 bridgehead atoms. The van der Waals surface area contributed by atoms with Crippen molar-refractivity contribution in [2.45, 2.75) is 50.3 Å². The third kappa shape index (κ3) is 4.55. The van der Waals surface area contributed by atoms with E-state index in [1.54, 1.807) is 12.1 Å². The average Bonchev–Trinajstić information content (AvgIpc) is 2.46. The van der Waals surface area contributed by atoms with Gasteiger partial charge in [0, 0.05) is 13.1 Å². The minimum absolute atomic E-state index is 0.0612. The Morgan fingerprint density at radius 2 is 1.43 bits per heavy atom. The van der Waals surface area contributed by atoms with Crippen LogP contribution in [0, 0.1) is 0 Å². The zero-order valence-corrected chi connectivity index (χ0v) is 15.6. The first-order chi connectivity index (χ1) is 10.5. The van der Waals surface area contributed by atoms with Gasteiger partial charge in [-0.1, -0.05) is 39.3 Å². The Bertz CT molecular complexity index is 738. The third-order valence-corrected chi connectivity index (χ3v) is 8.67. The summed E-state index contributed by atoms with van der Waals surface area (Å²) in [5.74, 6) is 0. The lowest BCUT2D eigenvalue weighted by Gasteiger charge is -2.25. The summed E-state index contributed by atoms with van der Waals surface area (Å²) < 4.78 is 50.9. The fourth-order valence-corrected chi connectivity index (χ4v) is 6.72. The van der Waals surface area contributed by atoms with Gasteiger partial charge in [-0.15, -0.1) is 0 Å². The van der Waals surface area contributed by atoms with Crippen molar-refractivity contribution in [3.63, 3.8) is 0 Å². The predicted molar refractivity (Wildman–Crippen MR) is 91.5 cm³/mol. The van der Waals surface area contributed by atoms with Crippen LogP contribution in [0.2, 0.25) is 0 Å². The molecule has 1 heterocycles. The summed E-state index contributed by atoms with van der Waals surface area (Å²) in [5.41, 5.74) is 0.928. The fourth-order valence-electron chi connectivity index (χ4n) is 2.64. The molecule has 1 aliphatic rings. The number of benzene rings is 1. The molecule has 5 nitrogen and oxygen atoms in total. The second kappa shape index (κ2) is 6.53. The Hall–Kier alpha value is -0.920. The van der Waals surface area contributed by atoms with Crippen molar-refractivity contribution in [3.05, 3.63) is 29.8 Å². The maximum atomic E-state index is 12.4. The van der Waals surface area contributed by atoms with Crippen LogP contribution in [-0.2, 0) is 25.3 Å². The molecule has 0 spiro atoms. The standard InChI is InChI=1S/C16H25NO4S2/c1-16(2,3)14-7-9-15(10-8-14)22(18,19)13-23(20,21)17-11-5-4-6-12-17/h7-10H,4-6,11-13H2,1-3H3. The quantitative estimate of drug-likeness (QED) is 0.828. The topological polar surface area (TPSA) is 71.5 Å². The number of hydrogen-bond donors (Lipinski definition) is 0. The van der Waals surface area contributed by atoms with Crippen molar-refractivity contribution < 1.29 is 16.8 Å². The SMILES string of the molecule is CC(C)(C)c1ccc(S(=O)(=O)CS(=O)(=O)N2CCCCC2)cc1. The zero-order chi connectivity index (χ0) is 17.3. The number of sulfonamides is 1. The normalized spacial score (nSPS) is 18.0. The minimum Gasteiger partial charge on any atom is -0.223 e. The van der Waals surface area contributed by atoms with Crippen LogP contribution in [-0.4, -0.2) is 39.3 Å². The monoisotopic (exact) mass is 359 g/mol. The van der Waals surface area contributed by atoms with E-state index in [9.17, 15) is 16.8 Å². The minimum atomic E-state index is -3.86. The van der Waals surface area contributed by atoms with Crippen molar-refractivity contribution in [2.75, 3.05) is 18.2 Å². The molecule has 0 saturated carbocycles. The molecule has 1 aromatic rings. The van der Waals surface area contributed by atoms with Crippen LogP contribution < -0.4 is 0 Å². The van der Waals surface area contributed by atoms with Gasteiger partial charge in [-0.25, -0.2) is 21.1 Å². The highest BCUT2D eigenvalue weighted by atomic mass is 32.3. The van der Waals surface area contributed by atoms with Crippen LogP contribution in [0.15, 0.2) is 29.2 Å². The Morgan fingerprint density at radius 1 is 0.913 bits per heavy atom. The van der Waals surface area contributed by atoms with Gasteiger partial charge in [0.15, 0.2) is 14.9 Å². The molecular weight excluding hydrogens is 334 g/mol. The molecule has 0 aromatic heterocycles. The van der Waals surface area contributed by atoms with Crippen molar-refractivity contribution in [1.82, 2.24) is 4.31 Å². The first kappa shape index (κ1) is 18.4. The Labute approximate surface area is 139 Å². The van der Waals surface area contributed by atoms with Gasteiger partial charge in [0.05, 0.1) is 4.90 Å². The summed E-state index contributed by atoms with van der Waals surface area (Å²) in [4.78, 5) is 0.0612. The lowest BCUT2D eigenvalue weighted by molar-refractivity contribution is 0.348. The molecule has 0 N–H and O–H groups in total. The largest absolute Gasteiger partial charge is 0.228 e. The van der Waals surface area contributed by atoms with Crippen molar-refractivity contribution in [3.8, 4) is 0 Å². The van der Waals surface area contributed by atoms with E-state index in [4.69, 9.17) is 0 Å². The highest BCUT2D eigenvalue weighted by molar-refractivity contribution is 8.07. The van der Waals surface area contributed by atoms with E-state index in [0.29, 0.717) is 13.1 Å². The van der Waals surface area contributed by atoms with Crippen LogP contribution >= 0.6 is 0 Å². The molecule has 23 heavy (non-hydrogen) atoms. The molecule has 0 radical (unpaired) electrons. The summed E-state index contributed by atoms with van der Waals surface area (Å²) in [6, 6.07) is 6.50. The Morgan fingerprint density at radius 3 is 1.91 bits per heavy atom. The van der Waals surface area contributed by atoms with Gasteiger partial charge in [0.25, 0.3) is 0 Å². The molecule has 0 atom stereocenters. The van der Waals surface area contributed by atoms with E-state index in [1.165, 1.54) is 16.4 Å². The van der Waals surface area contributed by atoms with Crippen molar-refractivity contribution in [1.29, 1.82) is 0 Å². The molecular formula is C16H25NO4S2. The first-order valence-electron chi connectivity index (χ1n) is 7.83. The van der Waals surface area contributed by atoms with E-state index in [0.717, 1.165) is 24.8 Å². The highest BCUT2D eigenvalue weighted by Gasteiger charge is 2.30. The van der Waals surface area contributed by atoms with Gasteiger partial charge in [-0.2, -0.15) is 0 Å². The molecule has 0 unspecified atom stereocenters. The van der Waals surface area contributed by atoms with Gasteiger partial charge >= 0.3 is 0 Å². The number of rotatable bonds is 4. The summed E-state index contributed by atoms with van der Waals surface area (Å²) in [7, 11) is -7.64. The summed E-state index contributed by atoms with van der Waals surface area (Å²) in [6.45, 7) is 6.95. The molecule has 1 saturated heterocycles. The van der Waals surface area contributed by atoms with Crippen LogP contribution in [0.3, 0.4) is 0 Å². The summed E-state index contributed by atoms with van der Waals surface area (Å²) in [5, 5.41) is -0.852. The van der Waals surface area contributed by atoms with Gasteiger partial charge < -0.3 is 0 Å². The molecule has 7 heteroatoms. The number of sulfone groups is 1. The maximum Gasteiger partial charge on any atom is 0.228 e. The predicted octanol–water partition coefficient (Wildman–Crippen LogP) is 2.53. The van der Waals surface area contributed by atoms with Gasteiger partial charge in [-0.05, 0) is 36.0 Å². The van der Waals surface area contributed by atoms with E-state index < -0.39 is 24.9 Å². The maximum absolute atomic E-state index is 12.4. The highest BCUT2D eigenvalue weighted by Crippen LogP contribution is 2.24. The number of piperidine rings is 1. The number of nitrogens with zero attached hydrogens (tertiary/aromatic N) is 1. The molecule has 1 aromatic carbocycles. The lowest BCUT2D eigenvalue weighted by atomic mass is 9.87. The van der Waals surface area contributed by atoms with E-state index in [1.807, 2.05) is 20.8 Å². The van der Waals surface area contributed by atoms with Crippen LogP contribution in [0.25, 0.3) is 0 Å². The molecule has 1 aliphatic heterocycles. The first-order valence-corrected chi connectivity index (χ1v) is 11.1. The molecule has 0 amide bonds.